The van der Waals surface area contributed by atoms with Crippen molar-refractivity contribution in [3.63, 3.8) is 0 Å². The number of amides is 5. The maximum Gasteiger partial charge on any atom is 0.330 e. The van der Waals surface area contributed by atoms with Crippen LogP contribution in [0.3, 0.4) is 0 Å². The van der Waals surface area contributed by atoms with Crippen molar-refractivity contribution in [3.8, 4) is 0 Å². The lowest BCUT2D eigenvalue weighted by atomic mass is 9.83. The van der Waals surface area contributed by atoms with Gasteiger partial charge in [-0.25, -0.2) is 4.79 Å². The Kier molecular flexibility index (Phi) is 17.5. The molecule has 15 heteroatoms. The second-order valence-electron chi connectivity index (χ2n) is 14.3. The number of nitrogens with one attached hydrogen (secondary N) is 5. The van der Waals surface area contributed by atoms with Gasteiger partial charge in [-0.05, 0) is 48.6 Å². The maximum atomic E-state index is 13.9. The molecule has 0 spiro atoms. The molecule has 1 fully saturated rings. The monoisotopic (exact) mass is 763 g/mol. The summed E-state index contributed by atoms with van der Waals surface area (Å²) in [5.41, 5.74) is 0.752. The highest BCUT2D eigenvalue weighted by atomic mass is 16.4. The van der Waals surface area contributed by atoms with Crippen molar-refractivity contribution in [2.45, 2.75) is 109 Å². The molecule has 1 aliphatic carbocycles. The molecule has 0 saturated heterocycles. The Labute approximate surface area is 320 Å². The molecule has 2 aromatic rings. The molecule has 2 aromatic carbocycles. The molecule has 5 amide bonds. The first-order valence-corrected chi connectivity index (χ1v) is 18.8. The normalized spacial score (nSPS) is 15.6. The van der Waals surface area contributed by atoms with Crippen molar-refractivity contribution in [1.29, 1.82) is 0 Å². The third-order valence-corrected chi connectivity index (χ3v) is 9.48. The molecule has 15 nitrogen and oxygen atoms in total. The highest BCUT2D eigenvalue weighted by Crippen LogP contribution is 2.28. The van der Waals surface area contributed by atoms with E-state index in [0.29, 0.717) is 30.4 Å². The lowest BCUT2D eigenvalue weighted by molar-refractivity contribution is -0.143. The number of benzene rings is 2. The van der Waals surface area contributed by atoms with E-state index in [9.17, 15) is 48.6 Å². The Morgan fingerprint density at radius 1 is 0.691 bits per heavy atom. The van der Waals surface area contributed by atoms with Gasteiger partial charge in [-0.3, -0.25) is 33.6 Å². The van der Waals surface area contributed by atoms with E-state index in [4.69, 9.17) is 0 Å². The lowest BCUT2D eigenvalue weighted by Crippen LogP contribution is -2.58. The Bertz CT molecular complexity index is 1650. The van der Waals surface area contributed by atoms with E-state index >= 15 is 0 Å². The van der Waals surface area contributed by atoms with Gasteiger partial charge in [-0.1, -0.05) is 107 Å². The number of carboxylic acid groups (broad SMARTS) is 2. The highest BCUT2D eigenvalue weighted by Gasteiger charge is 2.36. The van der Waals surface area contributed by atoms with Crippen LogP contribution in [0.5, 0.6) is 0 Å². The number of carboxylic acids is 2. The van der Waals surface area contributed by atoms with Crippen molar-refractivity contribution in [2.24, 2.45) is 11.8 Å². The van der Waals surface area contributed by atoms with Gasteiger partial charge >= 0.3 is 11.9 Å². The van der Waals surface area contributed by atoms with Crippen LogP contribution in [0.4, 0.5) is 0 Å². The zero-order valence-electron chi connectivity index (χ0n) is 31.5. The fraction of sp³-hybridized carbons (Fsp3) is 0.500. The van der Waals surface area contributed by atoms with Gasteiger partial charge in [0.1, 0.15) is 12.1 Å². The minimum absolute atomic E-state index is 0.0640. The van der Waals surface area contributed by atoms with Gasteiger partial charge in [0, 0.05) is 6.42 Å². The molecule has 0 heterocycles. The molecule has 7 N–H and O–H groups in total. The molecule has 0 radical (unpaired) electrons. The summed E-state index contributed by atoms with van der Waals surface area (Å²) in [6.45, 7) is 4.71. The van der Waals surface area contributed by atoms with E-state index in [1.807, 2.05) is 13.8 Å². The van der Waals surface area contributed by atoms with Gasteiger partial charge < -0.3 is 36.8 Å². The van der Waals surface area contributed by atoms with E-state index < -0.39 is 90.3 Å². The predicted molar refractivity (Wildman–Crippen MR) is 201 cm³/mol. The van der Waals surface area contributed by atoms with Gasteiger partial charge in [0.15, 0.2) is 6.04 Å². The number of ketones is 1. The topological polar surface area (TPSA) is 237 Å². The van der Waals surface area contributed by atoms with Crippen LogP contribution in [0.15, 0.2) is 60.7 Å². The second kappa shape index (κ2) is 21.9. The quantitative estimate of drug-likeness (QED) is 0.0918. The van der Waals surface area contributed by atoms with Crippen LogP contribution in [0.1, 0.15) is 102 Å². The van der Waals surface area contributed by atoms with Crippen LogP contribution >= 0.6 is 0 Å². The number of rotatable bonds is 21. The molecular formula is C40H53N5O10. The molecular weight excluding hydrogens is 710 g/mol. The van der Waals surface area contributed by atoms with E-state index in [-0.39, 0.29) is 24.7 Å². The molecule has 0 bridgehead atoms. The average molecular weight is 764 g/mol. The number of hydrogen-bond donors (Lipinski definition) is 7. The number of Topliss-reactive ketones (excluding diaryl/α,β-unsaturated/α-hetero) is 1. The third kappa shape index (κ3) is 14.0. The Morgan fingerprint density at radius 2 is 1.27 bits per heavy atom. The first kappa shape index (κ1) is 43.8. The van der Waals surface area contributed by atoms with Gasteiger partial charge in [-0.2, -0.15) is 0 Å². The van der Waals surface area contributed by atoms with E-state index in [2.05, 4.69) is 26.6 Å². The van der Waals surface area contributed by atoms with E-state index in [1.54, 1.807) is 55.5 Å². The first-order chi connectivity index (χ1) is 26.2. The van der Waals surface area contributed by atoms with Crippen LogP contribution in [0.2, 0.25) is 0 Å². The average Bonchev–Trinajstić information content (AvgIpc) is 3.16. The summed E-state index contributed by atoms with van der Waals surface area (Å²) in [5.74, 6) is -9.02. The SMILES string of the molecule is CCC[C@H](NC(=O)[C@H](CC(C)C)NC(=O)[C@@H](NC(=O)CC(C(=O)O)c1ccccc1)C1CCCCC1)C(=O)C(=O)NCC(=O)N[C@H](C(=O)O)c1ccccc1. The van der Waals surface area contributed by atoms with Crippen molar-refractivity contribution >= 4 is 47.3 Å². The Hall–Kier alpha value is -5.60. The molecule has 0 aliphatic heterocycles. The fourth-order valence-corrected chi connectivity index (χ4v) is 6.66. The molecule has 55 heavy (non-hydrogen) atoms. The van der Waals surface area contributed by atoms with Crippen LogP contribution in [0, 0.1) is 11.8 Å². The number of carbonyl (C=O) groups excluding carboxylic acids is 6. The summed E-state index contributed by atoms with van der Waals surface area (Å²) in [5, 5.41) is 32.1. The molecule has 1 saturated carbocycles. The first-order valence-electron chi connectivity index (χ1n) is 18.8. The van der Waals surface area contributed by atoms with E-state index in [1.165, 1.54) is 12.1 Å². The summed E-state index contributed by atoms with van der Waals surface area (Å²) < 4.78 is 0. The third-order valence-electron chi connectivity index (χ3n) is 9.48. The van der Waals surface area contributed by atoms with Crippen molar-refractivity contribution in [1.82, 2.24) is 26.6 Å². The summed E-state index contributed by atoms with van der Waals surface area (Å²) in [6, 6.07) is 11.4. The minimum Gasteiger partial charge on any atom is -0.481 e. The zero-order valence-corrected chi connectivity index (χ0v) is 31.5. The maximum absolute atomic E-state index is 13.9. The Morgan fingerprint density at radius 3 is 1.82 bits per heavy atom. The highest BCUT2D eigenvalue weighted by molar-refractivity contribution is 6.38. The van der Waals surface area contributed by atoms with Crippen molar-refractivity contribution < 1.29 is 48.6 Å². The van der Waals surface area contributed by atoms with Crippen molar-refractivity contribution in [3.05, 3.63) is 71.8 Å². The smallest absolute Gasteiger partial charge is 0.330 e. The van der Waals surface area contributed by atoms with E-state index in [0.717, 1.165) is 19.3 Å². The summed E-state index contributed by atoms with van der Waals surface area (Å²) in [4.78, 5) is 104. The summed E-state index contributed by atoms with van der Waals surface area (Å²) in [6.07, 6.45) is 4.13. The molecule has 1 aliphatic rings. The summed E-state index contributed by atoms with van der Waals surface area (Å²) >= 11 is 0. The van der Waals surface area contributed by atoms with Crippen molar-refractivity contribution in [2.75, 3.05) is 6.54 Å². The number of hydrogen-bond acceptors (Lipinski definition) is 8. The minimum atomic E-state index is -1.39. The zero-order chi connectivity index (χ0) is 40.5. The second-order valence-corrected chi connectivity index (χ2v) is 14.3. The number of aliphatic carboxylic acids is 2. The number of carbonyl (C=O) groups is 8. The summed E-state index contributed by atoms with van der Waals surface area (Å²) in [7, 11) is 0. The van der Waals surface area contributed by atoms with Crippen LogP contribution < -0.4 is 26.6 Å². The predicted octanol–water partition coefficient (Wildman–Crippen LogP) is 2.75. The van der Waals surface area contributed by atoms with Crippen LogP contribution in [-0.2, 0) is 38.4 Å². The van der Waals surface area contributed by atoms with Gasteiger partial charge in [0.2, 0.25) is 29.4 Å². The molecule has 3 rings (SSSR count). The standard InChI is InChI=1S/C40H53N5O10/c1-4-14-29(35(48)38(51)41-23-32(47)45-34(40(54)55)27-19-12-7-13-20-27)42-36(49)30(21-24(2)3)43-37(50)33(26-17-10-6-11-18-26)44-31(46)22-28(39(52)53)25-15-8-5-9-16-25/h5,7-9,12-13,15-16,19-20,24,26,28-30,33-34H,4,6,10-11,14,17-18,21-23H2,1-3H3,(H,41,51)(H,42,49)(H,43,50)(H,44,46)(H,45,47)(H,52,53)(H,54,55)/t28?,29-,30-,33-,34-/m0/s1. The Balaban J connectivity index is 1.70. The molecule has 5 atom stereocenters. The molecule has 1 unspecified atom stereocenters. The van der Waals surface area contributed by atoms with Gasteiger partial charge in [0.05, 0.1) is 18.5 Å². The molecule has 298 valence electrons. The van der Waals surface area contributed by atoms with Crippen LogP contribution in [0.25, 0.3) is 0 Å². The largest absolute Gasteiger partial charge is 0.481 e. The molecule has 0 aromatic heterocycles. The fourth-order valence-electron chi connectivity index (χ4n) is 6.66. The van der Waals surface area contributed by atoms with Crippen LogP contribution in [-0.4, -0.2) is 82.1 Å². The van der Waals surface area contributed by atoms with Gasteiger partial charge in [0.25, 0.3) is 5.91 Å². The lowest BCUT2D eigenvalue weighted by Gasteiger charge is -2.32. The van der Waals surface area contributed by atoms with Gasteiger partial charge in [-0.15, -0.1) is 0 Å².